The van der Waals surface area contributed by atoms with Crippen molar-refractivity contribution in [1.82, 2.24) is 24.7 Å². The standard InChI is InChI=1S/C23H30N6O5S/c1-14(2)34-20(21-24-10-15(3)11-25-21)16(4)35(30,31)28-23-27-26-22-18-8-6-7-9-19(18)33-13-17(12-32-5)29(22)23/h6-11,14,16-17,20H,12-13H2,1-5H3,(H,27,28)/t16-,17-,20+/m0/s1. The molecule has 3 atom stereocenters. The number of para-hydroxylation sites is 1. The second kappa shape index (κ2) is 10.3. The van der Waals surface area contributed by atoms with Crippen molar-refractivity contribution in [2.45, 2.75) is 51.2 Å². The van der Waals surface area contributed by atoms with Crippen molar-refractivity contribution in [2.24, 2.45) is 0 Å². The number of nitrogens with zero attached hydrogens (tertiary/aromatic N) is 5. The third kappa shape index (κ3) is 5.29. The van der Waals surface area contributed by atoms with Gasteiger partial charge in [0.15, 0.2) is 11.6 Å². The molecule has 3 heterocycles. The van der Waals surface area contributed by atoms with Gasteiger partial charge in [-0.05, 0) is 45.4 Å². The summed E-state index contributed by atoms with van der Waals surface area (Å²) in [6, 6.07) is 7.06. The van der Waals surface area contributed by atoms with Crippen LogP contribution in [0.2, 0.25) is 0 Å². The van der Waals surface area contributed by atoms with E-state index in [0.717, 1.165) is 5.56 Å². The number of aromatic nitrogens is 5. The van der Waals surface area contributed by atoms with E-state index in [9.17, 15) is 8.42 Å². The van der Waals surface area contributed by atoms with Gasteiger partial charge in [-0.25, -0.2) is 18.4 Å². The van der Waals surface area contributed by atoms with Crippen LogP contribution in [0.4, 0.5) is 5.95 Å². The molecule has 0 radical (unpaired) electrons. The first-order valence-electron chi connectivity index (χ1n) is 11.3. The first kappa shape index (κ1) is 25.0. The first-order valence-corrected chi connectivity index (χ1v) is 12.9. The minimum atomic E-state index is -4.01. The number of nitrogens with one attached hydrogen (secondary N) is 1. The number of methoxy groups -OCH3 is 1. The predicted octanol–water partition coefficient (Wildman–Crippen LogP) is 2.92. The van der Waals surface area contributed by atoms with E-state index in [0.29, 0.717) is 23.0 Å². The highest BCUT2D eigenvalue weighted by atomic mass is 32.2. The van der Waals surface area contributed by atoms with Gasteiger partial charge in [-0.15, -0.1) is 10.2 Å². The molecule has 1 N–H and O–H groups in total. The van der Waals surface area contributed by atoms with Crippen LogP contribution < -0.4 is 9.46 Å². The van der Waals surface area contributed by atoms with Gasteiger partial charge in [0.2, 0.25) is 16.0 Å². The van der Waals surface area contributed by atoms with Gasteiger partial charge in [0.05, 0.1) is 24.3 Å². The van der Waals surface area contributed by atoms with Crippen LogP contribution in [0.25, 0.3) is 11.4 Å². The molecular weight excluding hydrogens is 472 g/mol. The molecule has 1 aliphatic heterocycles. The maximum absolute atomic E-state index is 13.6. The summed E-state index contributed by atoms with van der Waals surface area (Å²) in [5, 5.41) is 7.44. The Hall–Kier alpha value is -3.09. The molecule has 11 nitrogen and oxygen atoms in total. The van der Waals surface area contributed by atoms with Crippen LogP contribution in [0, 0.1) is 6.92 Å². The molecule has 2 aromatic heterocycles. The van der Waals surface area contributed by atoms with Gasteiger partial charge in [0, 0.05) is 19.5 Å². The first-order chi connectivity index (χ1) is 16.7. The van der Waals surface area contributed by atoms with Crippen molar-refractivity contribution >= 4 is 16.0 Å². The largest absolute Gasteiger partial charge is 0.491 e. The van der Waals surface area contributed by atoms with Gasteiger partial charge < -0.3 is 14.2 Å². The molecule has 12 heteroatoms. The van der Waals surface area contributed by atoms with E-state index < -0.39 is 21.4 Å². The fourth-order valence-corrected chi connectivity index (χ4v) is 4.94. The lowest BCUT2D eigenvalue weighted by Crippen LogP contribution is -2.35. The Morgan fingerprint density at radius 1 is 1.17 bits per heavy atom. The summed E-state index contributed by atoms with van der Waals surface area (Å²) in [6.07, 6.45) is 2.14. The smallest absolute Gasteiger partial charge is 0.240 e. The summed E-state index contributed by atoms with van der Waals surface area (Å²) in [4.78, 5) is 8.63. The molecule has 1 aromatic carbocycles. The lowest BCUT2D eigenvalue weighted by Gasteiger charge is -2.26. The van der Waals surface area contributed by atoms with E-state index in [-0.39, 0.29) is 31.3 Å². The Balaban J connectivity index is 1.70. The number of fused-ring (bicyclic) bond motifs is 3. The van der Waals surface area contributed by atoms with Crippen molar-refractivity contribution in [3.05, 3.63) is 48.0 Å². The van der Waals surface area contributed by atoms with E-state index in [4.69, 9.17) is 14.2 Å². The summed E-state index contributed by atoms with van der Waals surface area (Å²) >= 11 is 0. The molecule has 1 aliphatic rings. The fourth-order valence-electron chi connectivity index (χ4n) is 3.85. The zero-order valence-electron chi connectivity index (χ0n) is 20.4. The van der Waals surface area contributed by atoms with Gasteiger partial charge >= 0.3 is 0 Å². The molecule has 35 heavy (non-hydrogen) atoms. The molecule has 0 amide bonds. The number of anilines is 1. The maximum Gasteiger partial charge on any atom is 0.240 e. The van der Waals surface area contributed by atoms with E-state index in [1.807, 2.05) is 45.0 Å². The maximum atomic E-state index is 13.6. The van der Waals surface area contributed by atoms with Crippen LogP contribution in [0.5, 0.6) is 5.75 Å². The summed E-state index contributed by atoms with van der Waals surface area (Å²) in [5.74, 6) is 1.50. The normalized spacial score (nSPS) is 17.1. The van der Waals surface area contributed by atoms with Gasteiger partial charge in [-0.3, -0.25) is 9.29 Å². The Bertz CT molecular complexity index is 1260. The number of ether oxygens (including phenoxy) is 3. The van der Waals surface area contributed by atoms with Gasteiger partial charge in [0.25, 0.3) is 0 Å². The van der Waals surface area contributed by atoms with Gasteiger partial charge in [-0.1, -0.05) is 12.1 Å². The van der Waals surface area contributed by atoms with Crippen LogP contribution in [0.3, 0.4) is 0 Å². The quantitative estimate of drug-likeness (QED) is 0.469. The van der Waals surface area contributed by atoms with Crippen LogP contribution in [-0.2, 0) is 19.5 Å². The molecular formula is C23H30N6O5S. The third-order valence-corrected chi connectivity index (χ3v) is 7.30. The second-order valence-corrected chi connectivity index (χ2v) is 10.7. The molecule has 3 aromatic rings. The van der Waals surface area contributed by atoms with Crippen LogP contribution in [0.15, 0.2) is 36.7 Å². The van der Waals surface area contributed by atoms with Crippen LogP contribution >= 0.6 is 0 Å². The highest BCUT2D eigenvalue weighted by Gasteiger charge is 2.36. The van der Waals surface area contributed by atoms with Crippen molar-refractivity contribution in [2.75, 3.05) is 25.0 Å². The highest BCUT2D eigenvalue weighted by molar-refractivity contribution is 7.93. The summed E-state index contributed by atoms with van der Waals surface area (Å²) in [5.41, 5.74) is 1.58. The second-order valence-electron chi connectivity index (χ2n) is 8.71. The van der Waals surface area contributed by atoms with Crippen LogP contribution in [0.1, 0.15) is 44.3 Å². The molecule has 0 unspecified atom stereocenters. The molecule has 0 saturated carbocycles. The van der Waals surface area contributed by atoms with Gasteiger partial charge in [-0.2, -0.15) is 0 Å². The summed E-state index contributed by atoms with van der Waals surface area (Å²) in [6.45, 7) is 7.62. The number of hydrogen-bond donors (Lipinski definition) is 1. The average Bonchev–Trinajstić information content (AvgIpc) is 3.15. The predicted molar refractivity (Wildman–Crippen MR) is 130 cm³/mol. The zero-order chi connectivity index (χ0) is 25.2. The monoisotopic (exact) mass is 502 g/mol. The molecule has 188 valence electrons. The molecule has 0 fully saturated rings. The molecule has 4 rings (SSSR count). The lowest BCUT2D eigenvalue weighted by molar-refractivity contribution is 0.00152. The molecule has 0 aliphatic carbocycles. The summed E-state index contributed by atoms with van der Waals surface area (Å²) < 4.78 is 48.7. The summed E-state index contributed by atoms with van der Waals surface area (Å²) in [7, 11) is -2.43. The Morgan fingerprint density at radius 3 is 2.57 bits per heavy atom. The van der Waals surface area contributed by atoms with Crippen molar-refractivity contribution < 1.29 is 22.6 Å². The van der Waals surface area contributed by atoms with E-state index in [2.05, 4.69) is 24.9 Å². The topological polar surface area (TPSA) is 130 Å². The highest BCUT2D eigenvalue weighted by Crippen LogP contribution is 2.36. The number of rotatable bonds is 9. The van der Waals surface area contributed by atoms with E-state index in [1.165, 1.54) is 0 Å². The number of aryl methyl sites for hydroxylation is 1. The third-order valence-electron chi connectivity index (χ3n) is 5.60. The SMILES string of the molecule is COC[C@H]1COc2ccccc2-c2nnc(NS(=O)(=O)[C@@H](C)[C@@H](OC(C)C)c3ncc(C)cn3)n21. The van der Waals surface area contributed by atoms with Crippen LogP contribution in [-0.4, -0.2) is 64.8 Å². The molecule has 0 bridgehead atoms. The minimum Gasteiger partial charge on any atom is -0.491 e. The molecule has 0 spiro atoms. The number of hydrogen-bond acceptors (Lipinski definition) is 9. The zero-order valence-corrected chi connectivity index (χ0v) is 21.2. The minimum absolute atomic E-state index is 0.0716. The van der Waals surface area contributed by atoms with E-state index in [1.54, 1.807) is 31.0 Å². The number of benzene rings is 1. The van der Waals surface area contributed by atoms with Gasteiger partial charge in [0.1, 0.15) is 23.7 Å². The Kier molecular flexibility index (Phi) is 7.33. The van der Waals surface area contributed by atoms with Crippen molar-refractivity contribution in [3.63, 3.8) is 0 Å². The molecule has 0 saturated heterocycles. The average molecular weight is 503 g/mol. The van der Waals surface area contributed by atoms with E-state index >= 15 is 0 Å². The fraction of sp³-hybridized carbons (Fsp3) is 0.478. The lowest BCUT2D eigenvalue weighted by atomic mass is 10.2. The Labute approximate surface area is 204 Å². The van der Waals surface area contributed by atoms with Crippen molar-refractivity contribution in [3.8, 4) is 17.1 Å². The van der Waals surface area contributed by atoms with Crippen molar-refractivity contribution in [1.29, 1.82) is 0 Å². The Morgan fingerprint density at radius 2 is 1.89 bits per heavy atom. The number of sulfonamides is 1.